The van der Waals surface area contributed by atoms with Gasteiger partial charge in [0, 0.05) is 30.2 Å². The topological polar surface area (TPSA) is 120 Å². The molecule has 3 aromatic rings. The van der Waals surface area contributed by atoms with Crippen molar-refractivity contribution in [3.63, 3.8) is 0 Å². The number of anilines is 2. The first kappa shape index (κ1) is 33.8. The fraction of sp³-hybridized carbons (Fsp3) is 0.455. The van der Waals surface area contributed by atoms with Gasteiger partial charge in [-0.25, -0.2) is 4.68 Å². The van der Waals surface area contributed by atoms with E-state index in [-0.39, 0.29) is 18.4 Å². The zero-order chi connectivity index (χ0) is 32.8. The lowest BCUT2D eigenvalue weighted by molar-refractivity contribution is -0.137. The van der Waals surface area contributed by atoms with Crippen LogP contribution in [0.2, 0.25) is 0 Å². The summed E-state index contributed by atoms with van der Waals surface area (Å²) in [5.41, 5.74) is 4.74. The maximum absolute atomic E-state index is 14.1. The van der Waals surface area contributed by atoms with Gasteiger partial charge in [0.25, 0.3) is 11.8 Å². The van der Waals surface area contributed by atoms with E-state index in [1.54, 1.807) is 21.3 Å². The van der Waals surface area contributed by atoms with E-state index in [4.69, 9.17) is 24.3 Å². The van der Waals surface area contributed by atoms with Gasteiger partial charge in [0.2, 0.25) is 11.1 Å². The molecular weight excluding hydrogens is 672 g/mol. The zero-order valence-corrected chi connectivity index (χ0v) is 29.3. The van der Waals surface area contributed by atoms with E-state index in [1.165, 1.54) is 0 Å². The lowest BCUT2D eigenvalue weighted by Gasteiger charge is -2.30. The van der Waals surface area contributed by atoms with Crippen molar-refractivity contribution in [2.75, 3.05) is 55.9 Å². The summed E-state index contributed by atoms with van der Waals surface area (Å²) in [6, 6.07) is 8.96. The summed E-state index contributed by atoms with van der Waals surface area (Å²) in [5.74, 6) is 1.94. The summed E-state index contributed by atoms with van der Waals surface area (Å²) in [5, 5.41) is 12.0. The Labute approximate surface area is 282 Å². The van der Waals surface area contributed by atoms with Crippen LogP contribution in [-0.2, 0) is 14.3 Å². The monoisotopic (exact) mass is 712 g/mol. The lowest BCUT2D eigenvalue weighted by Crippen LogP contribution is -2.43. The summed E-state index contributed by atoms with van der Waals surface area (Å²) in [4.78, 5) is 33.5. The van der Waals surface area contributed by atoms with Crippen molar-refractivity contribution in [3.05, 3.63) is 62.8 Å². The van der Waals surface area contributed by atoms with Crippen LogP contribution in [0.15, 0.2) is 51.2 Å². The number of fused-ring (bicyclic) bond motifs is 1. The number of benzene rings is 2. The van der Waals surface area contributed by atoms with Crippen LogP contribution in [0.5, 0.6) is 11.5 Å². The predicted molar refractivity (Wildman–Crippen MR) is 183 cm³/mol. The summed E-state index contributed by atoms with van der Waals surface area (Å²) in [7, 11) is 0. The van der Waals surface area contributed by atoms with Crippen LogP contribution in [-0.4, -0.2) is 76.7 Å². The molecule has 1 aromatic heterocycles. The third kappa shape index (κ3) is 7.53. The number of morpholine rings is 1. The number of carbonyl (C=O) groups excluding carboxylic acids is 2. The molecule has 246 valence electrons. The van der Waals surface area contributed by atoms with Gasteiger partial charge in [-0.15, -0.1) is 5.10 Å². The Morgan fingerprint density at radius 2 is 1.93 bits per heavy atom. The van der Waals surface area contributed by atoms with Crippen molar-refractivity contribution < 1.29 is 23.8 Å². The number of ether oxygens (including phenoxy) is 3. The van der Waals surface area contributed by atoms with Crippen LogP contribution < -0.4 is 20.1 Å². The lowest BCUT2D eigenvalue weighted by atomic mass is 9.94. The number of rotatable bonds is 12. The number of aromatic nitrogens is 3. The fourth-order valence-electron chi connectivity index (χ4n) is 5.37. The Morgan fingerprint density at radius 3 is 2.67 bits per heavy atom. The average Bonchev–Trinajstić information content (AvgIpc) is 3.44. The van der Waals surface area contributed by atoms with Crippen LogP contribution in [0, 0.1) is 13.8 Å². The molecule has 46 heavy (non-hydrogen) atoms. The summed E-state index contributed by atoms with van der Waals surface area (Å²) >= 11 is 5.27. The molecule has 0 saturated carbocycles. The zero-order valence-electron chi connectivity index (χ0n) is 26.9. The second kappa shape index (κ2) is 15.4. The fourth-order valence-corrected chi connectivity index (χ4v) is 6.85. The number of carbonyl (C=O) groups is 2. The number of nitrogens with one attached hydrogen (secondary N) is 2. The summed E-state index contributed by atoms with van der Waals surface area (Å²) < 4.78 is 19.8. The summed E-state index contributed by atoms with van der Waals surface area (Å²) in [6.45, 7) is 12.3. The van der Waals surface area contributed by atoms with E-state index < -0.39 is 6.04 Å². The molecule has 2 aliphatic heterocycles. The van der Waals surface area contributed by atoms with E-state index >= 15 is 0 Å². The number of halogens is 1. The van der Waals surface area contributed by atoms with Gasteiger partial charge in [-0.2, -0.15) is 4.98 Å². The van der Waals surface area contributed by atoms with E-state index in [9.17, 15) is 9.59 Å². The molecule has 0 radical (unpaired) electrons. The van der Waals surface area contributed by atoms with E-state index in [0.29, 0.717) is 71.3 Å². The first-order valence-corrected chi connectivity index (χ1v) is 17.4. The molecule has 2 aliphatic rings. The molecule has 0 spiro atoms. The first-order valence-electron chi connectivity index (χ1n) is 15.6. The Morgan fingerprint density at radius 1 is 1.15 bits per heavy atom. The number of nitrogens with zero attached hydrogens (tertiary/aromatic N) is 4. The highest BCUT2D eigenvalue weighted by atomic mass is 79.9. The number of unbranched alkanes of at least 4 members (excludes halogenated alkanes) is 1. The highest BCUT2D eigenvalue weighted by molar-refractivity contribution is 9.10. The summed E-state index contributed by atoms with van der Waals surface area (Å²) in [6.07, 6.45) is 2.12. The van der Waals surface area contributed by atoms with Gasteiger partial charge in [0.05, 0.1) is 29.9 Å². The number of hydrogen-bond donors (Lipinski definition) is 2. The maximum atomic E-state index is 14.1. The second-order valence-electron chi connectivity index (χ2n) is 11.2. The molecule has 1 fully saturated rings. The Hall–Kier alpha value is -3.55. The largest absolute Gasteiger partial charge is 0.490 e. The highest BCUT2D eigenvalue weighted by Crippen LogP contribution is 2.43. The number of allylic oxidation sites excluding steroid dienone is 1. The molecule has 2 N–H and O–H groups in total. The Kier molecular flexibility index (Phi) is 11.3. The highest BCUT2D eigenvalue weighted by Gasteiger charge is 2.36. The number of aryl methyl sites for hydroxylation is 1. The van der Waals surface area contributed by atoms with Crippen LogP contribution in [0.4, 0.5) is 11.6 Å². The molecule has 1 saturated heterocycles. The standard InChI is InChI=1S/C33H41BrN6O5S/c1-6-8-16-46-33-37-32-35-22(5)28(31(42)36-25-11-9-10-20(3)21(25)4)29(40(32)38-33)23-17-24(34)30(26(18-23)44-7-2)45-19-27(41)39-12-14-43-15-13-39/h9-11,17-18,29H,6-8,12-16,19H2,1-5H3,(H,36,42)(H,35,37,38). The Bertz CT molecular complexity index is 1620. The molecule has 2 aromatic carbocycles. The average molecular weight is 714 g/mol. The molecule has 13 heteroatoms. The van der Waals surface area contributed by atoms with Crippen molar-refractivity contribution in [1.82, 2.24) is 19.7 Å². The number of hydrogen-bond acceptors (Lipinski definition) is 9. The van der Waals surface area contributed by atoms with E-state index in [0.717, 1.165) is 41.0 Å². The Balaban J connectivity index is 1.53. The van der Waals surface area contributed by atoms with Crippen molar-refractivity contribution in [1.29, 1.82) is 0 Å². The number of amides is 2. The van der Waals surface area contributed by atoms with Gasteiger partial charge in [-0.1, -0.05) is 37.2 Å². The normalized spacial score (nSPS) is 16.1. The minimum absolute atomic E-state index is 0.121. The third-order valence-electron chi connectivity index (χ3n) is 8.01. The smallest absolute Gasteiger partial charge is 0.260 e. The maximum Gasteiger partial charge on any atom is 0.260 e. The number of thioether (sulfide) groups is 1. The SMILES string of the molecule is CCCCSc1nc2n(n1)C(c1cc(Br)c(OCC(=O)N3CCOCC3)c(OCC)c1)C(C(=O)Nc1cccc(C)c1C)=C(C)N2. The van der Waals surface area contributed by atoms with E-state index in [2.05, 4.69) is 33.5 Å². The van der Waals surface area contributed by atoms with Crippen LogP contribution >= 0.6 is 27.7 Å². The molecule has 11 nitrogen and oxygen atoms in total. The van der Waals surface area contributed by atoms with Gasteiger partial charge < -0.3 is 29.7 Å². The van der Waals surface area contributed by atoms with Crippen LogP contribution in [0.3, 0.4) is 0 Å². The minimum Gasteiger partial charge on any atom is -0.490 e. The predicted octanol–water partition coefficient (Wildman–Crippen LogP) is 6.11. The van der Waals surface area contributed by atoms with Crippen molar-refractivity contribution >= 4 is 51.1 Å². The molecule has 3 heterocycles. The van der Waals surface area contributed by atoms with Crippen molar-refractivity contribution in [2.45, 2.75) is 58.7 Å². The molecule has 1 atom stereocenters. The third-order valence-corrected chi connectivity index (χ3v) is 9.52. The van der Waals surface area contributed by atoms with Gasteiger partial charge in [0.1, 0.15) is 6.04 Å². The second-order valence-corrected chi connectivity index (χ2v) is 13.1. The first-order chi connectivity index (χ1) is 22.2. The van der Waals surface area contributed by atoms with Crippen molar-refractivity contribution in [2.24, 2.45) is 0 Å². The van der Waals surface area contributed by atoms with E-state index in [1.807, 2.05) is 58.0 Å². The quantitative estimate of drug-likeness (QED) is 0.169. The van der Waals surface area contributed by atoms with Gasteiger partial charge in [-0.3, -0.25) is 9.59 Å². The van der Waals surface area contributed by atoms with Gasteiger partial charge in [-0.05, 0) is 84.9 Å². The molecule has 2 amide bonds. The molecular formula is C33H41BrN6O5S. The minimum atomic E-state index is -0.631. The van der Waals surface area contributed by atoms with Crippen molar-refractivity contribution in [3.8, 4) is 11.5 Å². The van der Waals surface area contributed by atoms with Gasteiger partial charge >= 0.3 is 0 Å². The molecule has 0 bridgehead atoms. The van der Waals surface area contributed by atoms with Crippen LogP contribution in [0.1, 0.15) is 56.3 Å². The molecule has 5 rings (SSSR count). The molecule has 1 unspecified atom stereocenters. The van der Waals surface area contributed by atoms with Crippen LogP contribution in [0.25, 0.3) is 0 Å². The van der Waals surface area contributed by atoms with Gasteiger partial charge in [0.15, 0.2) is 18.1 Å². The molecule has 0 aliphatic carbocycles.